The van der Waals surface area contributed by atoms with Crippen LogP contribution in [-0.4, -0.2) is 46.1 Å². The Bertz CT molecular complexity index is 633. The number of carbonyl (C=O) groups is 2. The minimum Gasteiger partial charge on any atom is -0.395 e. The van der Waals surface area contributed by atoms with Crippen molar-refractivity contribution in [3.8, 4) is 0 Å². The van der Waals surface area contributed by atoms with Gasteiger partial charge in [-0.25, -0.2) is 0 Å². The molecule has 0 saturated heterocycles. The second-order valence-corrected chi connectivity index (χ2v) is 4.84. The first-order valence-corrected chi connectivity index (χ1v) is 7.15. The Labute approximate surface area is 123 Å². The van der Waals surface area contributed by atoms with E-state index in [9.17, 15) is 9.59 Å². The molecule has 0 fully saturated rings. The molecule has 0 bridgehead atoms. The number of likely N-dealkylation sites (N-methyl/N-ethyl adjacent to an activating group) is 1. The Morgan fingerprint density at radius 1 is 1.19 bits per heavy atom. The number of aromatic nitrogens is 1. The van der Waals surface area contributed by atoms with Crippen molar-refractivity contribution in [2.45, 2.75) is 19.8 Å². The lowest BCUT2D eigenvalue weighted by Crippen LogP contribution is -2.33. The maximum absolute atomic E-state index is 12.2. The van der Waals surface area contributed by atoms with Crippen molar-refractivity contribution in [3.63, 3.8) is 0 Å². The largest absolute Gasteiger partial charge is 0.395 e. The van der Waals surface area contributed by atoms with Crippen LogP contribution in [0.3, 0.4) is 0 Å². The maximum atomic E-state index is 12.2. The van der Waals surface area contributed by atoms with E-state index in [0.29, 0.717) is 13.1 Å². The molecule has 0 atom stereocenters. The fourth-order valence-electron chi connectivity index (χ4n) is 2.37. The third-order valence-corrected chi connectivity index (χ3v) is 3.53. The summed E-state index contributed by atoms with van der Waals surface area (Å²) < 4.78 is 1.59. The average molecular weight is 288 g/mol. The predicted octanol–water partition coefficient (Wildman–Crippen LogP) is 1.90. The van der Waals surface area contributed by atoms with E-state index < -0.39 is 0 Å². The minimum absolute atomic E-state index is 0.0598. The number of benzene rings is 1. The fraction of sp³-hybridized carbons (Fsp3) is 0.375. The van der Waals surface area contributed by atoms with E-state index in [1.54, 1.807) is 15.7 Å². The van der Waals surface area contributed by atoms with Crippen LogP contribution in [0.1, 0.15) is 24.6 Å². The van der Waals surface area contributed by atoms with Gasteiger partial charge in [0, 0.05) is 37.5 Å². The van der Waals surface area contributed by atoms with E-state index in [-0.39, 0.29) is 31.3 Å². The molecule has 0 unspecified atom stereocenters. The predicted molar refractivity (Wildman–Crippen MR) is 81.1 cm³/mol. The van der Waals surface area contributed by atoms with Crippen molar-refractivity contribution in [2.75, 3.05) is 19.7 Å². The molecular formula is C16H20N2O3. The monoisotopic (exact) mass is 288 g/mol. The molecule has 0 aliphatic carbocycles. The van der Waals surface area contributed by atoms with Crippen LogP contribution in [0, 0.1) is 0 Å². The number of amides is 1. The lowest BCUT2D eigenvalue weighted by molar-refractivity contribution is -0.131. The summed E-state index contributed by atoms with van der Waals surface area (Å²) in [6.07, 6.45) is 2.07. The number of hydrogen-bond acceptors (Lipinski definition) is 3. The number of para-hydroxylation sites is 1. The van der Waals surface area contributed by atoms with Gasteiger partial charge in [-0.3, -0.25) is 14.2 Å². The summed E-state index contributed by atoms with van der Waals surface area (Å²) in [6, 6.07) is 9.54. The number of hydrogen-bond donors (Lipinski definition) is 1. The standard InChI is InChI=1S/C16H20N2O3/c1-2-17(11-12-19)15(20)7-8-16(21)18-10-9-13-5-3-4-6-14(13)18/h3-6,9-10,19H,2,7-8,11-12H2,1H3. The SMILES string of the molecule is CCN(CCO)C(=O)CCC(=O)n1ccc2ccccc21. The number of carbonyl (C=O) groups excluding carboxylic acids is 2. The smallest absolute Gasteiger partial charge is 0.231 e. The quantitative estimate of drug-likeness (QED) is 0.883. The highest BCUT2D eigenvalue weighted by atomic mass is 16.3. The van der Waals surface area contributed by atoms with E-state index in [4.69, 9.17) is 5.11 Å². The van der Waals surface area contributed by atoms with Gasteiger partial charge in [-0.1, -0.05) is 18.2 Å². The molecule has 5 heteroatoms. The van der Waals surface area contributed by atoms with Crippen LogP contribution in [0.25, 0.3) is 10.9 Å². The van der Waals surface area contributed by atoms with Gasteiger partial charge in [0.1, 0.15) is 0 Å². The molecule has 0 spiro atoms. The molecule has 0 aliphatic heterocycles. The molecule has 21 heavy (non-hydrogen) atoms. The van der Waals surface area contributed by atoms with Gasteiger partial charge in [-0.05, 0) is 19.1 Å². The zero-order valence-electron chi connectivity index (χ0n) is 12.2. The highest BCUT2D eigenvalue weighted by Gasteiger charge is 2.14. The van der Waals surface area contributed by atoms with Crippen molar-refractivity contribution in [1.29, 1.82) is 0 Å². The van der Waals surface area contributed by atoms with Gasteiger partial charge in [0.15, 0.2) is 0 Å². The number of aliphatic hydroxyl groups excluding tert-OH is 1. The summed E-state index contributed by atoms with van der Waals surface area (Å²) in [5.74, 6) is -0.194. The van der Waals surface area contributed by atoms with E-state index >= 15 is 0 Å². The van der Waals surface area contributed by atoms with Crippen LogP contribution in [0.5, 0.6) is 0 Å². The van der Waals surface area contributed by atoms with Crippen LogP contribution in [-0.2, 0) is 4.79 Å². The zero-order chi connectivity index (χ0) is 15.2. The minimum atomic E-state index is -0.101. The Morgan fingerprint density at radius 3 is 2.67 bits per heavy atom. The van der Waals surface area contributed by atoms with E-state index in [1.807, 2.05) is 37.3 Å². The summed E-state index contributed by atoms with van der Waals surface area (Å²) in [5, 5.41) is 9.90. The van der Waals surface area contributed by atoms with Gasteiger partial charge in [0.05, 0.1) is 12.1 Å². The van der Waals surface area contributed by atoms with Crippen molar-refractivity contribution in [2.24, 2.45) is 0 Å². The number of aliphatic hydroxyl groups is 1. The molecule has 0 aliphatic rings. The molecule has 0 saturated carbocycles. The lowest BCUT2D eigenvalue weighted by atomic mass is 10.2. The number of rotatable bonds is 6. The normalized spacial score (nSPS) is 10.8. The van der Waals surface area contributed by atoms with Crippen LogP contribution >= 0.6 is 0 Å². The molecule has 0 radical (unpaired) electrons. The van der Waals surface area contributed by atoms with Crippen LogP contribution < -0.4 is 0 Å². The van der Waals surface area contributed by atoms with Gasteiger partial charge in [-0.15, -0.1) is 0 Å². The second-order valence-electron chi connectivity index (χ2n) is 4.84. The summed E-state index contributed by atoms with van der Waals surface area (Å²) >= 11 is 0. The first kappa shape index (κ1) is 15.3. The summed E-state index contributed by atoms with van der Waals surface area (Å²) in [4.78, 5) is 25.7. The first-order chi connectivity index (χ1) is 10.2. The molecule has 1 amide bonds. The highest BCUT2D eigenvalue weighted by Crippen LogP contribution is 2.16. The molecule has 1 N–H and O–H groups in total. The molecule has 1 aromatic heterocycles. The fourth-order valence-corrected chi connectivity index (χ4v) is 2.37. The Balaban J connectivity index is 2.00. The second kappa shape index (κ2) is 7.04. The van der Waals surface area contributed by atoms with Crippen molar-refractivity contribution < 1.29 is 14.7 Å². The number of fused-ring (bicyclic) bond motifs is 1. The third-order valence-electron chi connectivity index (χ3n) is 3.53. The molecule has 2 rings (SSSR count). The van der Waals surface area contributed by atoms with E-state index in [2.05, 4.69) is 0 Å². The van der Waals surface area contributed by atoms with Gasteiger partial charge in [-0.2, -0.15) is 0 Å². The summed E-state index contributed by atoms with van der Waals surface area (Å²) in [7, 11) is 0. The Morgan fingerprint density at radius 2 is 1.95 bits per heavy atom. The van der Waals surface area contributed by atoms with E-state index in [0.717, 1.165) is 10.9 Å². The van der Waals surface area contributed by atoms with Crippen molar-refractivity contribution >= 4 is 22.7 Å². The molecule has 112 valence electrons. The average Bonchev–Trinajstić information content (AvgIpc) is 2.94. The Hall–Kier alpha value is -2.14. The lowest BCUT2D eigenvalue weighted by Gasteiger charge is -2.19. The molecule has 5 nitrogen and oxygen atoms in total. The topological polar surface area (TPSA) is 62.5 Å². The van der Waals surface area contributed by atoms with Gasteiger partial charge >= 0.3 is 0 Å². The van der Waals surface area contributed by atoms with Crippen molar-refractivity contribution in [3.05, 3.63) is 36.5 Å². The van der Waals surface area contributed by atoms with Gasteiger partial charge in [0.2, 0.25) is 11.8 Å². The van der Waals surface area contributed by atoms with Crippen LogP contribution in [0.15, 0.2) is 36.5 Å². The van der Waals surface area contributed by atoms with Crippen LogP contribution in [0.2, 0.25) is 0 Å². The molecule has 1 heterocycles. The third kappa shape index (κ3) is 3.49. The molecular weight excluding hydrogens is 268 g/mol. The van der Waals surface area contributed by atoms with E-state index in [1.165, 1.54) is 0 Å². The molecule has 1 aromatic carbocycles. The Kier molecular flexibility index (Phi) is 5.11. The summed E-state index contributed by atoms with van der Waals surface area (Å²) in [5.41, 5.74) is 0.859. The van der Waals surface area contributed by atoms with Gasteiger partial charge in [0.25, 0.3) is 0 Å². The zero-order valence-corrected chi connectivity index (χ0v) is 12.2. The number of nitrogens with zero attached hydrogens (tertiary/aromatic N) is 2. The van der Waals surface area contributed by atoms with Gasteiger partial charge < -0.3 is 10.0 Å². The molecule has 2 aromatic rings. The maximum Gasteiger partial charge on any atom is 0.231 e. The van der Waals surface area contributed by atoms with Crippen LogP contribution in [0.4, 0.5) is 0 Å². The van der Waals surface area contributed by atoms with Crippen molar-refractivity contribution in [1.82, 2.24) is 9.47 Å². The first-order valence-electron chi connectivity index (χ1n) is 7.15. The summed E-state index contributed by atoms with van der Waals surface area (Å²) in [6.45, 7) is 2.65. The highest BCUT2D eigenvalue weighted by molar-refractivity contribution is 5.93.